The predicted octanol–water partition coefficient (Wildman–Crippen LogP) is 1.92. The summed E-state index contributed by atoms with van der Waals surface area (Å²) in [6, 6.07) is 7.77. The van der Waals surface area contributed by atoms with Gasteiger partial charge in [0.1, 0.15) is 6.29 Å². The van der Waals surface area contributed by atoms with Crippen LogP contribution >= 0.6 is 0 Å². The molecule has 1 atom stereocenters. The lowest BCUT2D eigenvalue weighted by molar-refractivity contribution is -0.104. The minimum absolute atomic E-state index is 0.00694. The average molecular weight is 175 g/mol. The Hall–Kier alpha value is -1.41. The third-order valence-electron chi connectivity index (χ3n) is 1.84. The molecule has 0 radical (unpaired) electrons. The lowest BCUT2D eigenvalue weighted by Crippen LogP contribution is -2.06. The van der Waals surface area contributed by atoms with Gasteiger partial charge in [0.25, 0.3) is 0 Å². The van der Waals surface area contributed by atoms with Crippen molar-refractivity contribution in [2.45, 2.75) is 13.0 Å². The van der Waals surface area contributed by atoms with Crippen molar-refractivity contribution in [3.63, 3.8) is 0 Å². The van der Waals surface area contributed by atoms with Gasteiger partial charge in [-0.2, -0.15) is 0 Å². The first kappa shape index (κ1) is 9.68. The summed E-state index contributed by atoms with van der Waals surface area (Å²) in [6.07, 6.45) is 4.00. The molecule has 0 aliphatic carbocycles. The molecule has 1 aromatic carbocycles. The molecular formula is C11H13NO. The van der Waals surface area contributed by atoms with Crippen LogP contribution in [0.15, 0.2) is 30.3 Å². The van der Waals surface area contributed by atoms with E-state index in [2.05, 4.69) is 0 Å². The van der Waals surface area contributed by atoms with Gasteiger partial charge >= 0.3 is 0 Å². The number of allylic oxidation sites excluding steroid dienone is 1. The first-order valence-corrected chi connectivity index (χ1v) is 4.22. The molecule has 0 aliphatic rings. The number of carbonyl (C=O) groups excluding carboxylic acids is 1. The number of benzene rings is 1. The van der Waals surface area contributed by atoms with Crippen LogP contribution < -0.4 is 5.73 Å². The molecule has 13 heavy (non-hydrogen) atoms. The molecule has 2 nitrogen and oxygen atoms in total. The lowest BCUT2D eigenvalue weighted by atomic mass is 10.0. The summed E-state index contributed by atoms with van der Waals surface area (Å²) in [5.74, 6) is 0. The zero-order valence-electron chi connectivity index (χ0n) is 7.60. The molecule has 2 N–H and O–H groups in total. The van der Waals surface area contributed by atoms with Crippen LogP contribution in [0.1, 0.15) is 24.1 Å². The Morgan fingerprint density at radius 2 is 2.08 bits per heavy atom. The quantitative estimate of drug-likeness (QED) is 0.563. The van der Waals surface area contributed by atoms with Gasteiger partial charge in [-0.3, -0.25) is 4.79 Å². The summed E-state index contributed by atoms with van der Waals surface area (Å²) in [5, 5.41) is 0. The van der Waals surface area contributed by atoms with Gasteiger partial charge in [0.15, 0.2) is 0 Å². The Morgan fingerprint density at radius 3 is 2.69 bits per heavy atom. The molecule has 1 aromatic rings. The maximum Gasteiger partial charge on any atom is 0.142 e. The molecule has 0 fully saturated rings. The molecule has 0 saturated heterocycles. The average Bonchev–Trinajstić information content (AvgIpc) is 2.15. The van der Waals surface area contributed by atoms with Gasteiger partial charge in [0.05, 0.1) is 0 Å². The van der Waals surface area contributed by atoms with Crippen LogP contribution in [0.5, 0.6) is 0 Å². The van der Waals surface area contributed by atoms with E-state index in [1.54, 1.807) is 6.08 Å². The third kappa shape index (κ3) is 2.53. The minimum atomic E-state index is -0.00694. The largest absolute Gasteiger partial charge is 0.324 e. The van der Waals surface area contributed by atoms with Crippen LogP contribution in [0.3, 0.4) is 0 Å². The maximum atomic E-state index is 10.1. The number of nitrogens with two attached hydrogens (primary N) is 1. The Kier molecular flexibility index (Phi) is 3.41. The number of aldehydes is 1. The van der Waals surface area contributed by atoms with Crippen LogP contribution in [0.25, 0.3) is 6.08 Å². The van der Waals surface area contributed by atoms with Crippen LogP contribution in [-0.2, 0) is 4.79 Å². The van der Waals surface area contributed by atoms with Crippen LogP contribution in [0.4, 0.5) is 0 Å². The zero-order chi connectivity index (χ0) is 9.68. The second kappa shape index (κ2) is 4.58. The molecule has 0 saturated carbocycles. The lowest BCUT2D eigenvalue weighted by Gasteiger charge is -2.08. The highest BCUT2D eigenvalue weighted by Gasteiger charge is 2.01. The van der Waals surface area contributed by atoms with Crippen molar-refractivity contribution in [1.29, 1.82) is 0 Å². The highest BCUT2D eigenvalue weighted by atomic mass is 16.1. The molecule has 1 unspecified atom stereocenters. The molecule has 0 heterocycles. The van der Waals surface area contributed by atoms with E-state index in [1.165, 1.54) is 6.08 Å². The topological polar surface area (TPSA) is 43.1 Å². The van der Waals surface area contributed by atoms with E-state index in [1.807, 2.05) is 31.2 Å². The number of rotatable bonds is 3. The van der Waals surface area contributed by atoms with E-state index in [0.717, 1.165) is 17.4 Å². The Bertz CT molecular complexity index is 316. The summed E-state index contributed by atoms with van der Waals surface area (Å²) in [4.78, 5) is 10.1. The number of hydrogen-bond donors (Lipinski definition) is 1. The van der Waals surface area contributed by atoms with Crippen molar-refractivity contribution >= 4 is 12.4 Å². The fourth-order valence-electron chi connectivity index (χ4n) is 1.22. The van der Waals surface area contributed by atoms with Crippen molar-refractivity contribution in [2.75, 3.05) is 0 Å². The van der Waals surface area contributed by atoms with Crippen molar-refractivity contribution in [3.05, 3.63) is 41.5 Å². The Balaban J connectivity index is 3.04. The second-order valence-electron chi connectivity index (χ2n) is 2.91. The first-order chi connectivity index (χ1) is 6.25. The van der Waals surface area contributed by atoms with E-state index >= 15 is 0 Å². The Labute approximate surface area is 78.1 Å². The normalized spacial score (nSPS) is 13.1. The van der Waals surface area contributed by atoms with Crippen LogP contribution in [0, 0.1) is 0 Å². The van der Waals surface area contributed by atoms with Gasteiger partial charge in [-0.15, -0.1) is 0 Å². The van der Waals surface area contributed by atoms with Crippen molar-refractivity contribution < 1.29 is 4.79 Å². The monoisotopic (exact) mass is 175 g/mol. The maximum absolute atomic E-state index is 10.1. The molecule has 0 bridgehead atoms. The fraction of sp³-hybridized carbons (Fsp3) is 0.182. The van der Waals surface area contributed by atoms with Crippen molar-refractivity contribution in [2.24, 2.45) is 5.73 Å². The number of carbonyl (C=O) groups is 1. The van der Waals surface area contributed by atoms with Gasteiger partial charge < -0.3 is 5.73 Å². The molecule has 0 aliphatic heterocycles. The summed E-state index contributed by atoms with van der Waals surface area (Å²) < 4.78 is 0. The first-order valence-electron chi connectivity index (χ1n) is 4.22. The molecule has 0 spiro atoms. The van der Waals surface area contributed by atoms with E-state index in [-0.39, 0.29) is 6.04 Å². The van der Waals surface area contributed by atoms with Gasteiger partial charge in [0, 0.05) is 6.04 Å². The van der Waals surface area contributed by atoms with Crippen LogP contribution in [-0.4, -0.2) is 6.29 Å². The highest BCUT2D eigenvalue weighted by Crippen LogP contribution is 2.16. The van der Waals surface area contributed by atoms with E-state index in [9.17, 15) is 4.79 Å². The summed E-state index contributed by atoms with van der Waals surface area (Å²) in [5.41, 5.74) is 7.82. The molecule has 0 aromatic heterocycles. The third-order valence-corrected chi connectivity index (χ3v) is 1.84. The SMILES string of the molecule is CC(N)c1ccccc1/C=C/C=O. The van der Waals surface area contributed by atoms with E-state index in [0.29, 0.717) is 0 Å². The smallest absolute Gasteiger partial charge is 0.142 e. The van der Waals surface area contributed by atoms with Crippen LogP contribution in [0.2, 0.25) is 0 Å². The summed E-state index contributed by atoms with van der Waals surface area (Å²) in [7, 11) is 0. The van der Waals surface area contributed by atoms with Crippen molar-refractivity contribution in [1.82, 2.24) is 0 Å². The highest BCUT2D eigenvalue weighted by molar-refractivity contribution is 5.74. The summed E-state index contributed by atoms with van der Waals surface area (Å²) in [6.45, 7) is 1.92. The van der Waals surface area contributed by atoms with Gasteiger partial charge in [-0.25, -0.2) is 0 Å². The zero-order valence-corrected chi connectivity index (χ0v) is 7.60. The molecular weight excluding hydrogens is 162 g/mol. The van der Waals surface area contributed by atoms with Gasteiger partial charge in [0.2, 0.25) is 0 Å². The Morgan fingerprint density at radius 1 is 1.38 bits per heavy atom. The number of hydrogen-bond acceptors (Lipinski definition) is 2. The minimum Gasteiger partial charge on any atom is -0.324 e. The molecule has 0 amide bonds. The fourth-order valence-corrected chi connectivity index (χ4v) is 1.22. The van der Waals surface area contributed by atoms with E-state index < -0.39 is 0 Å². The molecule has 2 heteroatoms. The molecule has 1 rings (SSSR count). The standard InChI is InChI=1S/C11H13NO/c1-9(12)11-7-3-2-5-10(11)6-4-8-13/h2-9H,12H2,1H3/b6-4+. The van der Waals surface area contributed by atoms with E-state index in [4.69, 9.17) is 5.73 Å². The van der Waals surface area contributed by atoms with Gasteiger partial charge in [-0.1, -0.05) is 30.3 Å². The predicted molar refractivity (Wildman–Crippen MR) is 54.1 cm³/mol. The second-order valence-corrected chi connectivity index (χ2v) is 2.91. The van der Waals surface area contributed by atoms with Crippen molar-refractivity contribution in [3.8, 4) is 0 Å². The van der Waals surface area contributed by atoms with Gasteiger partial charge in [-0.05, 0) is 24.1 Å². The molecule has 68 valence electrons. The summed E-state index contributed by atoms with van der Waals surface area (Å²) >= 11 is 0.